The van der Waals surface area contributed by atoms with Gasteiger partial charge in [0, 0.05) is 39.8 Å². The summed E-state index contributed by atoms with van der Waals surface area (Å²) in [7, 11) is 1.65. The van der Waals surface area contributed by atoms with E-state index in [-0.39, 0.29) is 40.1 Å². The first kappa shape index (κ1) is 18.7. The number of hydrogen-bond donors (Lipinski definition) is 0. The second-order valence-electron chi connectivity index (χ2n) is 1.72. The maximum Gasteiger partial charge on any atom is 0.0701 e. The van der Waals surface area contributed by atoms with Gasteiger partial charge in [0.15, 0.2) is 0 Å². The number of hydrogen-bond acceptors (Lipinski definition) is 3. The van der Waals surface area contributed by atoms with Crippen LogP contribution in [0.5, 0.6) is 0 Å². The Balaban J connectivity index is -0.000000405. The van der Waals surface area contributed by atoms with E-state index < -0.39 is 0 Å². The summed E-state index contributed by atoms with van der Waals surface area (Å²) < 4.78 is 14.8. The van der Waals surface area contributed by atoms with Crippen molar-refractivity contribution in [3.05, 3.63) is 14.4 Å². The molecule has 0 amide bonds. The second-order valence-corrected chi connectivity index (χ2v) is 1.72. The molecule has 0 bridgehead atoms. The molecular weight excluding hydrogens is 233 g/mol. The van der Waals surface area contributed by atoms with E-state index in [1.54, 1.807) is 7.11 Å². The van der Waals surface area contributed by atoms with Gasteiger partial charge in [-0.15, -0.1) is 0 Å². The predicted molar refractivity (Wildman–Crippen MR) is 45.3 cm³/mol. The first-order chi connectivity index (χ1) is 4.91. The molecule has 0 aliphatic heterocycles. The normalized spacial score (nSPS) is 8.50. The monoisotopic (exact) mass is 251 g/mol. The summed E-state index contributed by atoms with van der Waals surface area (Å²) in [5.41, 5.74) is 0. The SMILES string of the molecule is [CH2-]COCCOCCOC.[CH3-].[Y]. The van der Waals surface area contributed by atoms with E-state index in [2.05, 4.69) is 6.92 Å². The van der Waals surface area contributed by atoms with Crippen LogP contribution in [-0.4, -0.2) is 40.1 Å². The summed E-state index contributed by atoms with van der Waals surface area (Å²) in [6.45, 7) is 6.55. The van der Waals surface area contributed by atoms with Gasteiger partial charge in [0.05, 0.1) is 26.4 Å². The van der Waals surface area contributed by atoms with Gasteiger partial charge in [0.1, 0.15) is 0 Å². The summed E-state index contributed by atoms with van der Waals surface area (Å²) in [5, 5.41) is 0. The van der Waals surface area contributed by atoms with Gasteiger partial charge in [0.2, 0.25) is 0 Å². The molecule has 4 heteroatoms. The van der Waals surface area contributed by atoms with Crippen LogP contribution in [0.4, 0.5) is 0 Å². The molecule has 3 nitrogen and oxygen atoms in total. The van der Waals surface area contributed by atoms with Crippen molar-refractivity contribution in [3.8, 4) is 0 Å². The first-order valence-electron chi connectivity index (χ1n) is 3.35. The zero-order valence-corrected chi connectivity index (χ0v) is 10.9. The molecule has 0 aromatic heterocycles. The second kappa shape index (κ2) is 17.9. The first-order valence-corrected chi connectivity index (χ1v) is 3.35. The maximum atomic E-state index is 5.10. The van der Waals surface area contributed by atoms with Crippen molar-refractivity contribution in [1.29, 1.82) is 0 Å². The van der Waals surface area contributed by atoms with Crippen LogP contribution >= 0.6 is 0 Å². The number of rotatable bonds is 7. The average molecular weight is 251 g/mol. The molecule has 1 radical (unpaired) electrons. The van der Waals surface area contributed by atoms with Crippen LogP contribution in [0.15, 0.2) is 0 Å². The topological polar surface area (TPSA) is 27.7 Å². The van der Waals surface area contributed by atoms with Crippen molar-refractivity contribution < 1.29 is 46.9 Å². The van der Waals surface area contributed by atoms with Crippen LogP contribution in [0.2, 0.25) is 0 Å². The van der Waals surface area contributed by atoms with Crippen molar-refractivity contribution in [3.63, 3.8) is 0 Å². The molecule has 0 spiro atoms. The average Bonchev–Trinajstić information content (AvgIpc) is 1.97. The van der Waals surface area contributed by atoms with Gasteiger partial charge in [-0.3, -0.25) is 0 Å². The molecular formula is C8H18O3Y-2. The molecule has 0 heterocycles. The molecule has 0 aromatic rings. The Morgan fingerprint density at radius 2 is 1.50 bits per heavy atom. The van der Waals surface area contributed by atoms with E-state index in [1.165, 1.54) is 0 Å². The van der Waals surface area contributed by atoms with E-state index >= 15 is 0 Å². The van der Waals surface area contributed by atoms with E-state index in [0.717, 1.165) is 0 Å². The van der Waals surface area contributed by atoms with Gasteiger partial charge in [-0.2, -0.15) is 0 Å². The van der Waals surface area contributed by atoms with E-state index in [4.69, 9.17) is 14.2 Å². The minimum Gasteiger partial charge on any atom is -0.411 e. The van der Waals surface area contributed by atoms with Crippen molar-refractivity contribution in [2.24, 2.45) is 0 Å². The van der Waals surface area contributed by atoms with Gasteiger partial charge < -0.3 is 28.6 Å². The van der Waals surface area contributed by atoms with Gasteiger partial charge in [-0.05, 0) is 0 Å². The fourth-order valence-corrected chi connectivity index (χ4v) is 0.464. The molecule has 0 N–H and O–H groups in total. The van der Waals surface area contributed by atoms with E-state index in [9.17, 15) is 0 Å². The molecule has 0 unspecified atom stereocenters. The Hall–Kier alpha value is 0.984. The van der Waals surface area contributed by atoms with E-state index in [0.29, 0.717) is 33.0 Å². The molecule has 0 saturated heterocycles. The molecule has 0 aliphatic carbocycles. The molecule has 0 atom stereocenters. The van der Waals surface area contributed by atoms with Gasteiger partial charge >= 0.3 is 0 Å². The Kier molecular flexibility index (Phi) is 27.9. The van der Waals surface area contributed by atoms with Crippen LogP contribution in [0.1, 0.15) is 0 Å². The minimum atomic E-state index is 0. The van der Waals surface area contributed by atoms with Crippen LogP contribution < -0.4 is 0 Å². The fourth-order valence-electron chi connectivity index (χ4n) is 0.464. The van der Waals surface area contributed by atoms with Crippen molar-refractivity contribution >= 4 is 0 Å². The summed E-state index contributed by atoms with van der Waals surface area (Å²) in [6.07, 6.45) is 0. The Labute approximate surface area is 101 Å². The molecule has 0 aromatic carbocycles. The van der Waals surface area contributed by atoms with Crippen LogP contribution in [0.3, 0.4) is 0 Å². The quantitative estimate of drug-likeness (QED) is 0.498. The van der Waals surface area contributed by atoms with Gasteiger partial charge in [-0.25, -0.2) is 0 Å². The largest absolute Gasteiger partial charge is 0.411 e. The maximum absolute atomic E-state index is 5.10. The van der Waals surface area contributed by atoms with Crippen LogP contribution in [0.25, 0.3) is 0 Å². The van der Waals surface area contributed by atoms with Crippen LogP contribution in [0, 0.1) is 14.4 Å². The zero-order chi connectivity index (χ0) is 7.66. The molecule has 12 heavy (non-hydrogen) atoms. The Morgan fingerprint density at radius 1 is 1.00 bits per heavy atom. The number of ether oxygens (including phenoxy) is 3. The van der Waals surface area contributed by atoms with E-state index in [1.807, 2.05) is 0 Å². The molecule has 0 saturated carbocycles. The third-order valence-corrected chi connectivity index (χ3v) is 0.948. The molecule has 73 valence electrons. The smallest absolute Gasteiger partial charge is 0.0701 e. The minimum absolute atomic E-state index is 0. The summed E-state index contributed by atoms with van der Waals surface area (Å²) in [6, 6.07) is 0. The van der Waals surface area contributed by atoms with Crippen molar-refractivity contribution in [1.82, 2.24) is 0 Å². The Bertz CT molecular complexity index is 54.3. The van der Waals surface area contributed by atoms with Crippen molar-refractivity contribution in [2.45, 2.75) is 0 Å². The van der Waals surface area contributed by atoms with Gasteiger partial charge in [0.25, 0.3) is 0 Å². The van der Waals surface area contributed by atoms with Crippen molar-refractivity contribution in [2.75, 3.05) is 40.1 Å². The van der Waals surface area contributed by atoms with Gasteiger partial charge in [-0.1, -0.05) is 6.61 Å². The molecule has 0 aliphatic rings. The molecule has 0 fully saturated rings. The third kappa shape index (κ3) is 17.2. The summed E-state index contributed by atoms with van der Waals surface area (Å²) in [4.78, 5) is 0. The fraction of sp³-hybridized carbons (Fsp3) is 0.750. The Morgan fingerprint density at radius 3 is 2.00 bits per heavy atom. The summed E-state index contributed by atoms with van der Waals surface area (Å²) >= 11 is 0. The zero-order valence-electron chi connectivity index (χ0n) is 8.04. The molecule has 0 rings (SSSR count). The van der Waals surface area contributed by atoms with Crippen LogP contribution in [-0.2, 0) is 46.9 Å². The number of methoxy groups -OCH3 is 1. The predicted octanol–water partition coefficient (Wildman–Crippen LogP) is 0.948. The third-order valence-electron chi connectivity index (χ3n) is 0.948. The standard InChI is InChI=1S/C7H15O3.CH3.Y/c1-3-9-6-7-10-5-4-8-2;;/h1,3-7H2,2H3;1H3;/q2*-1;. The summed E-state index contributed by atoms with van der Waals surface area (Å²) in [5.74, 6) is 0.